The van der Waals surface area contributed by atoms with Gasteiger partial charge in [-0.05, 0) is 0 Å². The van der Waals surface area contributed by atoms with Crippen molar-refractivity contribution in [2.75, 3.05) is 0 Å². The third kappa shape index (κ3) is 3.38. The van der Waals surface area contributed by atoms with Crippen molar-refractivity contribution < 1.29 is 31.1 Å². The van der Waals surface area contributed by atoms with Crippen LogP contribution in [-0.2, 0) is 0 Å². The average molecular weight is 333 g/mol. The Morgan fingerprint density at radius 2 is 2.12 bits per heavy atom. The SMILES string of the molecule is [CH2-]C(C)=[N+]=C1CC1.[U]. The molecule has 0 bridgehead atoms. The molecule has 8 heavy (non-hydrogen) atoms. The van der Waals surface area contributed by atoms with E-state index in [1.807, 2.05) is 6.92 Å². The fraction of sp³-hybridized carbons (Fsp3) is 0.500. The fourth-order valence-corrected chi connectivity index (χ4v) is 0.438. The van der Waals surface area contributed by atoms with Gasteiger partial charge in [0.2, 0.25) is 0 Å². The first-order valence-corrected chi connectivity index (χ1v) is 2.51. The molecule has 2 heteroatoms. The summed E-state index contributed by atoms with van der Waals surface area (Å²) in [5.41, 5.74) is 2.25. The monoisotopic (exact) mass is 333 g/mol. The van der Waals surface area contributed by atoms with Crippen molar-refractivity contribution in [3.8, 4) is 0 Å². The third-order valence-electron chi connectivity index (χ3n) is 0.823. The Morgan fingerprint density at radius 1 is 1.62 bits per heavy atom. The molecule has 0 unspecified atom stereocenters. The Balaban J connectivity index is 0.000000490. The van der Waals surface area contributed by atoms with Crippen LogP contribution >= 0.6 is 0 Å². The Hall–Kier alpha value is 0.372. The van der Waals surface area contributed by atoms with Gasteiger partial charge >= 0.3 is 0 Å². The molecule has 0 saturated heterocycles. The first kappa shape index (κ1) is 8.37. The van der Waals surface area contributed by atoms with Crippen LogP contribution in [0.2, 0.25) is 0 Å². The summed E-state index contributed by atoms with van der Waals surface area (Å²) in [6, 6.07) is 0. The van der Waals surface area contributed by atoms with Crippen LogP contribution in [0, 0.1) is 38.0 Å². The standard InChI is InChI=1S/C6H9N.U/c1-5(2)7-6-3-4-6;/h1,3-4H2,2H3;. The van der Waals surface area contributed by atoms with Gasteiger partial charge in [0.1, 0.15) is 5.71 Å². The predicted molar refractivity (Wildman–Crippen MR) is 32.4 cm³/mol. The molecular weight excluding hydrogens is 324 g/mol. The molecular formula is C6H9NU. The summed E-state index contributed by atoms with van der Waals surface area (Å²) in [5.74, 6) is 0. The summed E-state index contributed by atoms with van der Waals surface area (Å²) >= 11 is 0. The van der Waals surface area contributed by atoms with Crippen molar-refractivity contribution in [2.24, 2.45) is 0 Å². The molecule has 1 saturated carbocycles. The van der Waals surface area contributed by atoms with E-state index in [2.05, 4.69) is 11.6 Å². The average Bonchev–Trinajstić information content (AvgIpc) is 2.17. The van der Waals surface area contributed by atoms with Crippen molar-refractivity contribution in [3.63, 3.8) is 0 Å². The second-order valence-corrected chi connectivity index (χ2v) is 1.91. The van der Waals surface area contributed by atoms with Gasteiger partial charge in [0.05, 0.1) is 12.8 Å². The van der Waals surface area contributed by atoms with Crippen LogP contribution in [0.15, 0.2) is 0 Å². The molecule has 1 aliphatic rings. The first-order chi connectivity index (χ1) is 3.29. The Kier molecular flexibility index (Phi) is 3.57. The zero-order chi connectivity index (χ0) is 5.28. The fourth-order valence-electron chi connectivity index (χ4n) is 0.438. The van der Waals surface area contributed by atoms with E-state index >= 15 is 0 Å². The van der Waals surface area contributed by atoms with Gasteiger partial charge in [-0.1, -0.05) is 0 Å². The Morgan fingerprint density at radius 3 is 2.25 bits per heavy atom. The molecule has 1 rings (SSSR count). The van der Waals surface area contributed by atoms with Gasteiger partial charge in [0.15, 0.2) is 0 Å². The zero-order valence-electron chi connectivity index (χ0n) is 5.07. The summed E-state index contributed by atoms with van der Waals surface area (Å²) in [4.78, 5) is 0. The molecule has 1 fully saturated rings. The molecule has 0 aromatic heterocycles. The van der Waals surface area contributed by atoms with Crippen LogP contribution in [0.4, 0.5) is 0 Å². The number of rotatable bonds is 0. The van der Waals surface area contributed by atoms with Crippen LogP contribution in [0.5, 0.6) is 0 Å². The minimum atomic E-state index is 0. The van der Waals surface area contributed by atoms with E-state index in [0.717, 1.165) is 5.71 Å². The molecule has 1 aliphatic carbocycles. The van der Waals surface area contributed by atoms with Crippen molar-refractivity contribution >= 4 is 11.4 Å². The summed E-state index contributed by atoms with van der Waals surface area (Å²) in [6.45, 7) is 5.57. The quantitative estimate of drug-likeness (QED) is 0.350. The van der Waals surface area contributed by atoms with Gasteiger partial charge in [-0.3, -0.25) is 6.92 Å². The van der Waals surface area contributed by atoms with E-state index in [0.29, 0.717) is 0 Å². The van der Waals surface area contributed by atoms with Gasteiger partial charge in [0, 0.05) is 38.0 Å². The van der Waals surface area contributed by atoms with Crippen molar-refractivity contribution in [3.05, 3.63) is 6.92 Å². The van der Waals surface area contributed by atoms with Gasteiger partial charge in [-0.2, -0.15) is 0 Å². The molecule has 0 aromatic rings. The predicted octanol–water partition coefficient (Wildman–Crippen LogP) is 0.583. The summed E-state index contributed by atoms with van der Waals surface area (Å²) in [7, 11) is 0. The summed E-state index contributed by atoms with van der Waals surface area (Å²) in [5, 5.41) is 0. The van der Waals surface area contributed by atoms with Crippen LogP contribution in [0.25, 0.3) is 0 Å². The van der Waals surface area contributed by atoms with Crippen molar-refractivity contribution in [2.45, 2.75) is 19.8 Å². The largest absolute Gasteiger partial charge is 0.298 e. The minimum absolute atomic E-state index is 0. The maximum atomic E-state index is 4.11. The molecule has 0 spiro atoms. The minimum Gasteiger partial charge on any atom is -0.298 e. The van der Waals surface area contributed by atoms with Gasteiger partial charge < -0.3 is 0 Å². The molecule has 1 nitrogen and oxygen atoms in total. The molecule has 42 valence electrons. The van der Waals surface area contributed by atoms with E-state index in [1.54, 1.807) is 0 Å². The van der Waals surface area contributed by atoms with Crippen LogP contribution in [0.3, 0.4) is 0 Å². The maximum absolute atomic E-state index is 4.11. The molecule has 0 N–H and O–H groups in total. The van der Waals surface area contributed by atoms with Gasteiger partial charge in [-0.15, -0.1) is 4.67 Å². The first-order valence-electron chi connectivity index (χ1n) is 2.51. The van der Waals surface area contributed by atoms with Crippen LogP contribution in [-0.4, -0.2) is 11.4 Å². The maximum Gasteiger partial charge on any atom is 0.278 e. The Bertz CT molecular complexity index is 131. The zero-order valence-corrected chi connectivity index (χ0v) is 9.23. The van der Waals surface area contributed by atoms with Crippen molar-refractivity contribution in [1.82, 2.24) is 4.67 Å². The second-order valence-electron chi connectivity index (χ2n) is 1.91. The smallest absolute Gasteiger partial charge is 0.278 e. The third-order valence-corrected chi connectivity index (χ3v) is 0.823. The topological polar surface area (TPSA) is 14.1 Å². The van der Waals surface area contributed by atoms with Gasteiger partial charge in [-0.25, -0.2) is 0 Å². The molecule has 0 radical (unpaired) electrons. The number of hydrogen-bond acceptors (Lipinski definition) is 0. The van der Waals surface area contributed by atoms with E-state index in [-0.39, 0.29) is 31.1 Å². The molecule has 0 aliphatic heterocycles. The van der Waals surface area contributed by atoms with E-state index in [4.69, 9.17) is 0 Å². The summed E-state index contributed by atoms with van der Waals surface area (Å²) in [6.07, 6.45) is 2.40. The van der Waals surface area contributed by atoms with E-state index in [9.17, 15) is 0 Å². The summed E-state index contributed by atoms with van der Waals surface area (Å²) < 4.78 is 4.11. The second kappa shape index (κ2) is 3.41. The normalized spacial score (nSPS) is 13.9. The van der Waals surface area contributed by atoms with Crippen LogP contribution in [0.1, 0.15) is 19.8 Å². The molecule has 0 aromatic carbocycles. The molecule has 0 heterocycles. The van der Waals surface area contributed by atoms with E-state index in [1.165, 1.54) is 18.6 Å². The van der Waals surface area contributed by atoms with E-state index < -0.39 is 0 Å². The molecule has 0 atom stereocenters. The number of hydrogen-bond donors (Lipinski definition) is 0. The molecule has 0 amide bonds. The Labute approximate surface area is 73.7 Å². The number of nitrogens with zero attached hydrogens (tertiary/aromatic N) is 1. The van der Waals surface area contributed by atoms with Gasteiger partial charge in [0.25, 0.3) is 5.71 Å². The van der Waals surface area contributed by atoms with Crippen molar-refractivity contribution in [1.29, 1.82) is 0 Å². The van der Waals surface area contributed by atoms with Crippen LogP contribution < -0.4 is 4.67 Å².